The van der Waals surface area contributed by atoms with Gasteiger partial charge in [0.2, 0.25) is 0 Å². The van der Waals surface area contributed by atoms with E-state index in [4.69, 9.17) is 9.99 Å². The molecule has 1 aromatic heterocycles. The van der Waals surface area contributed by atoms with E-state index in [0.717, 1.165) is 17.0 Å². The largest absolute Gasteiger partial charge is 0.707 e. The molecule has 0 saturated carbocycles. The summed E-state index contributed by atoms with van der Waals surface area (Å²) in [5, 5.41) is 15.1. The van der Waals surface area contributed by atoms with Crippen molar-refractivity contribution in [1.82, 2.24) is 0 Å². The molecule has 2 aromatic rings. The third kappa shape index (κ3) is 8.25. The zero-order valence-electron chi connectivity index (χ0n) is 14.5. The lowest BCUT2D eigenvalue weighted by Crippen LogP contribution is -2.25. The van der Waals surface area contributed by atoms with E-state index in [1.165, 1.54) is 0 Å². The highest BCUT2D eigenvalue weighted by Gasteiger charge is 1.99. The second-order valence-electron chi connectivity index (χ2n) is 5.04. The second kappa shape index (κ2) is 9.72. The van der Waals surface area contributed by atoms with Crippen LogP contribution >= 0.6 is 0 Å². The Hall–Kier alpha value is -2.49. The number of hydrogen-bond donors (Lipinski definition) is 0. The van der Waals surface area contributed by atoms with Gasteiger partial charge < -0.3 is 14.3 Å². The van der Waals surface area contributed by atoms with Gasteiger partial charge in [-0.25, -0.2) is 13.0 Å². The molecule has 1 aromatic carbocycles. The van der Waals surface area contributed by atoms with Crippen molar-refractivity contribution in [2.24, 2.45) is 12.1 Å². The molecule has 0 amide bonds. The summed E-state index contributed by atoms with van der Waals surface area (Å²) < 4.78 is 28.7. The molecule has 9 heteroatoms. The van der Waals surface area contributed by atoms with Crippen LogP contribution in [0.3, 0.4) is 0 Å². The summed E-state index contributed by atoms with van der Waals surface area (Å²) in [6, 6.07) is 11.8. The smallest absolute Gasteiger partial charge is 0.255 e. The topological polar surface area (TPSA) is 95.1 Å². The zero-order valence-corrected chi connectivity index (χ0v) is 15.3. The Bertz CT molecular complexity index is 774. The average molecular weight is 367 g/mol. The molecule has 0 radical (unpaired) electrons. The Morgan fingerprint density at radius 3 is 2.12 bits per heavy atom. The average Bonchev–Trinajstić information content (AvgIpc) is 2.61. The minimum absolute atomic E-state index is 0.681. The van der Waals surface area contributed by atoms with Gasteiger partial charge in [0.25, 0.3) is 10.1 Å². The number of pyridine rings is 1. The maximum Gasteiger partial charge on any atom is 0.255 e. The quantitative estimate of drug-likeness (QED) is 0.325. The highest BCUT2D eigenvalue weighted by molar-refractivity contribution is 7.85. The maximum absolute atomic E-state index is 9.47. The number of anilines is 1. The summed E-state index contributed by atoms with van der Waals surface area (Å²) in [4.78, 5) is 0. The van der Waals surface area contributed by atoms with Crippen LogP contribution < -0.4 is 19.6 Å². The summed E-state index contributed by atoms with van der Waals surface area (Å²) in [6.07, 6.45) is 6.51. The Balaban J connectivity index is 0.000000450. The normalized spacial score (nSPS) is 10.9. The van der Waals surface area contributed by atoms with E-state index in [2.05, 4.69) is 9.44 Å². The Kier molecular flexibility index (Phi) is 7.99. The highest BCUT2D eigenvalue weighted by atomic mass is 32.2. The predicted molar refractivity (Wildman–Crippen MR) is 92.5 cm³/mol. The molecule has 0 spiro atoms. The first-order valence-electron chi connectivity index (χ1n) is 7.13. The molecule has 0 saturated heterocycles. The van der Waals surface area contributed by atoms with Crippen LogP contribution in [0.5, 0.6) is 5.75 Å². The van der Waals surface area contributed by atoms with Crippen LogP contribution in [-0.4, -0.2) is 35.0 Å². The molecule has 0 N–H and O–H groups in total. The number of aryl methyl sites for hydroxylation is 1. The van der Waals surface area contributed by atoms with E-state index in [-0.39, 0.29) is 0 Å². The van der Waals surface area contributed by atoms with Crippen LogP contribution in [-0.2, 0) is 21.5 Å². The van der Waals surface area contributed by atoms with Crippen molar-refractivity contribution < 1.29 is 27.3 Å². The van der Waals surface area contributed by atoms with Crippen molar-refractivity contribution in [1.29, 1.82) is 0 Å². The van der Waals surface area contributed by atoms with Crippen LogP contribution in [0.2, 0.25) is 0 Å². The predicted octanol–water partition coefficient (Wildman–Crippen LogP) is 0.228. The van der Waals surface area contributed by atoms with Gasteiger partial charge in [-0.05, 0) is 24.3 Å². The van der Waals surface area contributed by atoms with E-state index in [1.54, 1.807) is 7.11 Å². The standard InChI is InChI=1S/C15H18N3O.CH4O4S/c1-17-10-8-13(9-11-17)12-16-18(2)14-4-6-15(19-3)7-5-14;1-6(3,4)5-2/h4-12H,1-3H3;2H,1H3/q+1;/p-1. The van der Waals surface area contributed by atoms with Gasteiger partial charge in [-0.15, -0.1) is 0 Å². The fraction of sp³-hybridized carbons (Fsp3) is 0.250. The van der Waals surface area contributed by atoms with Gasteiger partial charge in [0.1, 0.15) is 12.8 Å². The summed E-state index contributed by atoms with van der Waals surface area (Å²) in [7, 11) is 1.85. The molecule has 0 unspecified atom stereocenters. The summed E-state index contributed by atoms with van der Waals surface area (Å²) >= 11 is 0. The third-order valence-corrected chi connectivity index (χ3v) is 3.20. The number of methoxy groups -OCH3 is 1. The van der Waals surface area contributed by atoms with Crippen LogP contribution in [0.15, 0.2) is 53.9 Å². The fourth-order valence-corrected chi connectivity index (χ4v) is 1.62. The molecule has 8 nitrogen and oxygen atoms in total. The molecule has 0 aliphatic rings. The van der Waals surface area contributed by atoms with E-state index >= 15 is 0 Å². The molecular formula is C16H21N3O5S. The Morgan fingerprint density at radius 1 is 1.16 bits per heavy atom. The van der Waals surface area contributed by atoms with Crippen molar-refractivity contribution in [2.75, 3.05) is 25.4 Å². The monoisotopic (exact) mass is 367 g/mol. The minimum Gasteiger partial charge on any atom is -0.707 e. The van der Waals surface area contributed by atoms with Gasteiger partial charge in [0, 0.05) is 24.7 Å². The molecule has 2 rings (SSSR count). The molecule has 0 bridgehead atoms. The van der Waals surface area contributed by atoms with Gasteiger partial charge in [0.15, 0.2) is 12.4 Å². The maximum atomic E-state index is 9.47. The minimum atomic E-state index is -3.72. The van der Waals surface area contributed by atoms with Gasteiger partial charge in [0.05, 0.1) is 25.3 Å². The van der Waals surface area contributed by atoms with Crippen molar-refractivity contribution in [3.05, 3.63) is 54.4 Å². The van der Waals surface area contributed by atoms with Crippen molar-refractivity contribution in [3.63, 3.8) is 0 Å². The molecule has 25 heavy (non-hydrogen) atoms. The van der Waals surface area contributed by atoms with Crippen LogP contribution in [0.4, 0.5) is 5.69 Å². The number of nitrogens with zero attached hydrogens (tertiary/aromatic N) is 3. The molecule has 0 fully saturated rings. The summed E-state index contributed by atoms with van der Waals surface area (Å²) in [5.41, 5.74) is 2.08. The van der Waals surface area contributed by atoms with E-state index in [1.807, 2.05) is 78.7 Å². The number of hydrogen-bond acceptors (Lipinski definition) is 7. The Morgan fingerprint density at radius 2 is 1.68 bits per heavy atom. The second-order valence-corrected chi connectivity index (χ2v) is 6.58. The first-order valence-corrected chi connectivity index (χ1v) is 8.95. The van der Waals surface area contributed by atoms with Crippen molar-refractivity contribution >= 4 is 22.0 Å². The molecule has 0 atom stereocenters. The van der Waals surface area contributed by atoms with Crippen molar-refractivity contribution in [3.8, 4) is 5.75 Å². The van der Waals surface area contributed by atoms with E-state index in [0.29, 0.717) is 6.26 Å². The fourth-order valence-electron chi connectivity index (χ4n) is 1.62. The number of rotatable bonds is 5. The van der Waals surface area contributed by atoms with Gasteiger partial charge in [-0.2, -0.15) is 5.10 Å². The van der Waals surface area contributed by atoms with Crippen LogP contribution in [0.1, 0.15) is 5.56 Å². The Labute approximate surface area is 147 Å². The number of benzene rings is 1. The van der Waals surface area contributed by atoms with Crippen molar-refractivity contribution in [2.45, 2.75) is 0 Å². The lowest BCUT2D eigenvalue weighted by Gasteiger charge is -2.12. The first-order chi connectivity index (χ1) is 11.7. The number of ether oxygens (including phenoxy) is 1. The lowest BCUT2D eigenvalue weighted by atomic mass is 10.3. The summed E-state index contributed by atoms with van der Waals surface area (Å²) in [5.74, 6) is 0.844. The molecular weight excluding hydrogens is 346 g/mol. The van der Waals surface area contributed by atoms with Gasteiger partial charge in [-0.3, -0.25) is 5.01 Å². The molecule has 0 aliphatic heterocycles. The number of aromatic nitrogens is 1. The zero-order chi connectivity index (χ0) is 18.9. The molecule has 136 valence electrons. The molecule has 1 heterocycles. The SMILES string of the molecule is COc1ccc(N(C)/N=C/c2cc[n+](C)cc2)cc1.CS(=O)(=O)O[O-]. The van der Waals surface area contributed by atoms with Crippen LogP contribution in [0.25, 0.3) is 0 Å². The highest BCUT2D eigenvalue weighted by Crippen LogP contribution is 2.18. The van der Waals surface area contributed by atoms with Crippen LogP contribution in [0, 0.1) is 0 Å². The van der Waals surface area contributed by atoms with Gasteiger partial charge in [-0.1, -0.05) is 0 Å². The number of hydrazone groups is 1. The van der Waals surface area contributed by atoms with E-state index < -0.39 is 10.1 Å². The third-order valence-electron chi connectivity index (χ3n) is 2.95. The first kappa shape index (κ1) is 20.6. The van der Waals surface area contributed by atoms with E-state index in [9.17, 15) is 8.42 Å². The molecule has 0 aliphatic carbocycles. The summed E-state index contributed by atoms with van der Waals surface area (Å²) in [6.45, 7) is 0. The van der Waals surface area contributed by atoms with Gasteiger partial charge >= 0.3 is 0 Å². The lowest BCUT2D eigenvalue weighted by molar-refractivity contribution is -0.671.